The van der Waals surface area contributed by atoms with E-state index in [2.05, 4.69) is 0 Å². The number of thiophene rings is 1. The third kappa shape index (κ3) is 4.25. The smallest absolute Gasteiger partial charge is 0.271 e. The number of aromatic hydroxyl groups is 1. The highest BCUT2D eigenvalue weighted by atomic mass is 35.5. The van der Waals surface area contributed by atoms with E-state index >= 15 is 0 Å². The van der Waals surface area contributed by atoms with Gasteiger partial charge in [0.1, 0.15) is 11.6 Å². The van der Waals surface area contributed by atoms with Crippen molar-refractivity contribution in [2.75, 3.05) is 14.2 Å². The molecule has 0 aliphatic heterocycles. The summed E-state index contributed by atoms with van der Waals surface area (Å²) in [5, 5.41) is 21.7. The number of ether oxygens (including phenoxy) is 2. The molecule has 2 aromatic carbocycles. The standard InChI is InChI=1S/C26H21ClN2O5S/c1-14-17(13-28)25(31)29(11-10-15-8-9-18(33-2)19(12-15)34-3)26(32)21(14)23(30)24-22(27)16-6-4-5-7-20(16)35-24/h4-9,12,32H,10-11H2,1-3H3. The maximum atomic E-state index is 13.5. The first-order chi connectivity index (χ1) is 16.8. The number of carbonyl (C=O) groups excluding carboxylic acids is 1. The van der Waals surface area contributed by atoms with Gasteiger partial charge in [0.25, 0.3) is 5.56 Å². The lowest BCUT2D eigenvalue weighted by Crippen LogP contribution is -2.27. The van der Waals surface area contributed by atoms with Crippen molar-refractivity contribution in [3.8, 4) is 23.4 Å². The molecule has 0 amide bonds. The Morgan fingerprint density at radius 1 is 1.17 bits per heavy atom. The largest absolute Gasteiger partial charge is 0.494 e. The fourth-order valence-corrected chi connectivity index (χ4v) is 5.44. The lowest BCUT2D eigenvalue weighted by atomic mass is 10.0. The zero-order valence-electron chi connectivity index (χ0n) is 19.2. The number of ketones is 1. The van der Waals surface area contributed by atoms with Gasteiger partial charge in [-0.25, -0.2) is 0 Å². The van der Waals surface area contributed by atoms with Gasteiger partial charge in [-0.3, -0.25) is 14.2 Å². The lowest BCUT2D eigenvalue weighted by Gasteiger charge is -2.16. The highest BCUT2D eigenvalue weighted by Gasteiger charge is 2.28. The number of pyridine rings is 1. The minimum absolute atomic E-state index is 0.0372. The Morgan fingerprint density at radius 2 is 1.89 bits per heavy atom. The lowest BCUT2D eigenvalue weighted by molar-refractivity contribution is 0.103. The molecule has 0 atom stereocenters. The van der Waals surface area contributed by atoms with Crippen LogP contribution >= 0.6 is 22.9 Å². The van der Waals surface area contributed by atoms with Crippen molar-refractivity contribution in [2.45, 2.75) is 19.9 Å². The van der Waals surface area contributed by atoms with Crippen molar-refractivity contribution in [3.05, 3.63) is 85.0 Å². The summed E-state index contributed by atoms with van der Waals surface area (Å²) in [5.74, 6) is 0.0537. The molecule has 1 N–H and O–H groups in total. The average Bonchev–Trinajstić information content (AvgIpc) is 3.20. The Bertz CT molecular complexity index is 1560. The Balaban J connectivity index is 1.79. The van der Waals surface area contributed by atoms with Gasteiger partial charge in [0.2, 0.25) is 11.7 Å². The summed E-state index contributed by atoms with van der Waals surface area (Å²) in [6, 6.07) is 14.5. The summed E-state index contributed by atoms with van der Waals surface area (Å²) in [5.41, 5.74) is -0.0380. The fraction of sp³-hybridized carbons (Fsp3) is 0.192. The second-order valence-electron chi connectivity index (χ2n) is 7.78. The van der Waals surface area contributed by atoms with Gasteiger partial charge in [0, 0.05) is 16.6 Å². The number of benzene rings is 2. The molecule has 35 heavy (non-hydrogen) atoms. The molecule has 0 aliphatic carbocycles. The summed E-state index contributed by atoms with van der Waals surface area (Å²) in [7, 11) is 3.06. The van der Waals surface area contributed by atoms with Gasteiger partial charge in [-0.05, 0) is 42.7 Å². The van der Waals surface area contributed by atoms with E-state index in [-0.39, 0.29) is 33.1 Å². The van der Waals surface area contributed by atoms with Crippen LogP contribution in [0.4, 0.5) is 0 Å². The Hall–Kier alpha value is -3.80. The maximum absolute atomic E-state index is 13.5. The van der Waals surface area contributed by atoms with Gasteiger partial charge in [-0.2, -0.15) is 5.26 Å². The third-order valence-corrected chi connectivity index (χ3v) is 7.51. The van der Waals surface area contributed by atoms with Crippen LogP contribution in [0, 0.1) is 18.3 Å². The summed E-state index contributed by atoms with van der Waals surface area (Å²) in [6.07, 6.45) is 0.332. The number of fused-ring (bicyclic) bond motifs is 1. The molecule has 2 aromatic heterocycles. The van der Waals surface area contributed by atoms with Crippen molar-refractivity contribution < 1.29 is 19.4 Å². The molecule has 9 heteroatoms. The molecule has 0 fully saturated rings. The van der Waals surface area contributed by atoms with Crippen LogP contribution in [0.2, 0.25) is 5.02 Å². The van der Waals surface area contributed by atoms with E-state index in [1.807, 2.05) is 36.4 Å². The van der Waals surface area contributed by atoms with E-state index in [4.69, 9.17) is 21.1 Å². The first-order valence-corrected chi connectivity index (χ1v) is 11.8. The van der Waals surface area contributed by atoms with Crippen molar-refractivity contribution in [3.63, 3.8) is 0 Å². The van der Waals surface area contributed by atoms with Gasteiger partial charge in [-0.1, -0.05) is 35.9 Å². The number of nitriles is 1. The fourth-order valence-electron chi connectivity index (χ4n) is 3.98. The van der Waals surface area contributed by atoms with E-state index < -0.39 is 17.2 Å². The number of aromatic nitrogens is 1. The predicted octanol–water partition coefficient (Wildman–Crippen LogP) is 5.09. The van der Waals surface area contributed by atoms with Crippen molar-refractivity contribution in [1.82, 2.24) is 4.57 Å². The predicted molar refractivity (Wildman–Crippen MR) is 135 cm³/mol. The van der Waals surface area contributed by atoms with Gasteiger partial charge in [0.15, 0.2) is 11.5 Å². The van der Waals surface area contributed by atoms with Gasteiger partial charge in [-0.15, -0.1) is 11.3 Å². The molecule has 178 valence electrons. The van der Waals surface area contributed by atoms with E-state index in [0.717, 1.165) is 20.2 Å². The van der Waals surface area contributed by atoms with Crippen molar-refractivity contribution in [2.24, 2.45) is 0 Å². The van der Waals surface area contributed by atoms with Crippen molar-refractivity contribution >= 4 is 38.8 Å². The zero-order chi connectivity index (χ0) is 25.3. The minimum atomic E-state index is -0.665. The van der Waals surface area contributed by atoms with E-state index in [9.17, 15) is 20.0 Å². The van der Waals surface area contributed by atoms with Gasteiger partial charge in [0.05, 0.1) is 29.7 Å². The van der Waals surface area contributed by atoms with Crippen LogP contribution in [0.3, 0.4) is 0 Å². The number of methoxy groups -OCH3 is 2. The van der Waals surface area contributed by atoms with Crippen LogP contribution in [0.5, 0.6) is 17.4 Å². The van der Waals surface area contributed by atoms with Crippen LogP contribution in [-0.4, -0.2) is 29.7 Å². The quantitative estimate of drug-likeness (QED) is 0.349. The Morgan fingerprint density at radius 3 is 2.54 bits per heavy atom. The number of nitrogens with zero attached hydrogens (tertiary/aromatic N) is 2. The molecule has 0 unspecified atom stereocenters. The minimum Gasteiger partial charge on any atom is -0.494 e. The third-order valence-electron chi connectivity index (χ3n) is 5.84. The molecule has 0 bridgehead atoms. The zero-order valence-corrected chi connectivity index (χ0v) is 20.8. The second-order valence-corrected chi connectivity index (χ2v) is 9.21. The number of hydrogen-bond donors (Lipinski definition) is 1. The van der Waals surface area contributed by atoms with E-state index in [0.29, 0.717) is 17.9 Å². The monoisotopic (exact) mass is 508 g/mol. The van der Waals surface area contributed by atoms with E-state index in [1.165, 1.54) is 32.5 Å². The van der Waals surface area contributed by atoms with Crippen LogP contribution in [0.25, 0.3) is 10.1 Å². The van der Waals surface area contributed by atoms with Crippen LogP contribution in [0.15, 0.2) is 47.3 Å². The van der Waals surface area contributed by atoms with Gasteiger partial charge < -0.3 is 14.6 Å². The molecule has 4 rings (SSSR count). The van der Waals surface area contributed by atoms with Crippen LogP contribution < -0.4 is 15.0 Å². The first-order valence-electron chi connectivity index (χ1n) is 10.6. The Labute approximate surface area is 210 Å². The molecule has 0 aliphatic rings. The van der Waals surface area contributed by atoms with Crippen LogP contribution in [0.1, 0.15) is 31.9 Å². The molecular formula is C26H21ClN2O5S. The molecule has 4 aromatic rings. The summed E-state index contributed by atoms with van der Waals surface area (Å²) in [4.78, 5) is 26.8. The normalized spacial score (nSPS) is 10.8. The molecule has 7 nitrogen and oxygen atoms in total. The summed E-state index contributed by atoms with van der Waals surface area (Å²) >= 11 is 7.69. The number of halogens is 1. The highest BCUT2D eigenvalue weighted by Crippen LogP contribution is 2.38. The molecular weight excluding hydrogens is 488 g/mol. The molecule has 0 saturated heterocycles. The Kier molecular flexibility index (Phi) is 6.83. The highest BCUT2D eigenvalue weighted by molar-refractivity contribution is 7.21. The number of aryl methyl sites for hydroxylation is 1. The summed E-state index contributed by atoms with van der Waals surface area (Å²) < 4.78 is 12.4. The molecule has 0 saturated carbocycles. The molecule has 0 spiro atoms. The topological polar surface area (TPSA) is 102 Å². The second kappa shape index (κ2) is 9.82. The summed E-state index contributed by atoms with van der Waals surface area (Å²) in [6.45, 7) is 1.52. The SMILES string of the molecule is COc1ccc(CCn2c(O)c(C(=O)c3sc4ccccc4c3Cl)c(C)c(C#N)c2=O)cc1OC. The number of carbonyl (C=O) groups is 1. The molecule has 0 radical (unpaired) electrons. The number of hydrogen-bond acceptors (Lipinski definition) is 7. The van der Waals surface area contributed by atoms with E-state index in [1.54, 1.807) is 12.1 Å². The molecule has 2 heterocycles. The first kappa shape index (κ1) is 24.3. The van der Waals surface area contributed by atoms with Crippen molar-refractivity contribution in [1.29, 1.82) is 5.26 Å². The van der Waals surface area contributed by atoms with Gasteiger partial charge >= 0.3 is 0 Å². The van der Waals surface area contributed by atoms with Crippen LogP contribution in [-0.2, 0) is 13.0 Å². The number of rotatable bonds is 7. The maximum Gasteiger partial charge on any atom is 0.271 e. The average molecular weight is 509 g/mol.